The van der Waals surface area contributed by atoms with Crippen molar-refractivity contribution < 1.29 is 23.6 Å². The number of methoxy groups -OCH3 is 1. The summed E-state index contributed by atoms with van der Waals surface area (Å²) < 4.78 is 17.0. The predicted octanol–water partition coefficient (Wildman–Crippen LogP) is 3.20. The third-order valence-electron chi connectivity index (χ3n) is 6.41. The number of rotatable bonds is 2. The molecule has 1 saturated heterocycles. The lowest BCUT2D eigenvalue weighted by atomic mass is 9.82. The van der Waals surface area contributed by atoms with E-state index in [1.165, 1.54) is 0 Å². The van der Waals surface area contributed by atoms with Crippen molar-refractivity contribution in [3.8, 4) is 11.5 Å². The summed E-state index contributed by atoms with van der Waals surface area (Å²) in [5, 5.41) is 4.07. The number of carbonyl (C=O) groups excluding carboxylic acids is 2. The van der Waals surface area contributed by atoms with Crippen LogP contribution in [0.3, 0.4) is 0 Å². The number of benzene rings is 1. The Morgan fingerprint density at radius 3 is 2.79 bits per heavy atom. The molecule has 1 aliphatic carbocycles. The molecule has 1 amide bonds. The van der Waals surface area contributed by atoms with Crippen LogP contribution < -0.4 is 9.47 Å². The number of likely N-dealkylation sites (tertiary alicyclic amines) is 1. The molecule has 5 rings (SSSR count). The van der Waals surface area contributed by atoms with Crippen LogP contribution in [0.4, 0.5) is 0 Å². The van der Waals surface area contributed by atoms with E-state index in [1.807, 2.05) is 4.90 Å². The third-order valence-corrected chi connectivity index (χ3v) is 6.41. The molecule has 2 aromatic rings. The van der Waals surface area contributed by atoms with Crippen LogP contribution in [0, 0.1) is 0 Å². The van der Waals surface area contributed by atoms with Crippen molar-refractivity contribution in [1.82, 2.24) is 10.1 Å². The fourth-order valence-electron chi connectivity index (χ4n) is 4.70. The zero-order chi connectivity index (χ0) is 20.0. The molecule has 0 bridgehead atoms. The number of hydrogen-bond acceptors (Lipinski definition) is 6. The maximum absolute atomic E-state index is 13.0. The van der Waals surface area contributed by atoms with E-state index in [4.69, 9.17) is 14.0 Å². The molecule has 3 heterocycles. The normalized spacial score (nSPS) is 20.0. The maximum atomic E-state index is 13.0. The number of piperidine rings is 1. The van der Waals surface area contributed by atoms with Gasteiger partial charge in [-0.3, -0.25) is 9.59 Å². The molecule has 0 radical (unpaired) electrons. The number of amides is 1. The Balaban J connectivity index is 1.32. The summed E-state index contributed by atoms with van der Waals surface area (Å²) in [5.74, 6) is 2.11. The number of ketones is 1. The van der Waals surface area contributed by atoms with Crippen LogP contribution in [-0.2, 0) is 12.8 Å². The van der Waals surface area contributed by atoms with Gasteiger partial charge >= 0.3 is 0 Å². The highest BCUT2D eigenvalue weighted by atomic mass is 16.5. The first-order valence-corrected chi connectivity index (χ1v) is 10.3. The molecule has 3 aliphatic rings. The number of aromatic nitrogens is 1. The van der Waals surface area contributed by atoms with Gasteiger partial charge in [0.25, 0.3) is 5.91 Å². The van der Waals surface area contributed by atoms with Gasteiger partial charge < -0.3 is 18.9 Å². The minimum atomic E-state index is -0.559. The highest BCUT2D eigenvalue weighted by molar-refractivity contribution is 6.00. The minimum absolute atomic E-state index is 0.0732. The first kappa shape index (κ1) is 18.2. The SMILES string of the molecule is COc1ccc2c(c1)OC1(CCN(C(=O)c3noc4c3CCCC4)CC1)CC2=O. The van der Waals surface area contributed by atoms with Crippen molar-refractivity contribution in [3.63, 3.8) is 0 Å². The molecule has 1 fully saturated rings. The first-order chi connectivity index (χ1) is 14.1. The molecule has 1 aromatic heterocycles. The Morgan fingerprint density at radius 2 is 2.00 bits per heavy atom. The molecular weight excluding hydrogens is 372 g/mol. The summed E-state index contributed by atoms with van der Waals surface area (Å²) in [6, 6.07) is 5.31. The molecule has 0 atom stereocenters. The highest BCUT2D eigenvalue weighted by Gasteiger charge is 2.44. The Bertz CT molecular complexity index is 972. The Hall–Kier alpha value is -2.83. The van der Waals surface area contributed by atoms with Gasteiger partial charge in [0, 0.05) is 44.0 Å². The Labute approximate surface area is 168 Å². The quantitative estimate of drug-likeness (QED) is 0.775. The van der Waals surface area contributed by atoms with Crippen molar-refractivity contribution in [2.45, 2.75) is 50.5 Å². The summed E-state index contributed by atoms with van der Waals surface area (Å²) in [7, 11) is 1.59. The van der Waals surface area contributed by atoms with Crippen molar-refractivity contribution in [2.24, 2.45) is 0 Å². The van der Waals surface area contributed by atoms with Gasteiger partial charge in [-0.15, -0.1) is 0 Å². The van der Waals surface area contributed by atoms with Crippen LogP contribution in [0.2, 0.25) is 0 Å². The third kappa shape index (κ3) is 3.09. The Morgan fingerprint density at radius 1 is 1.21 bits per heavy atom. The number of fused-ring (bicyclic) bond motifs is 2. The zero-order valence-corrected chi connectivity index (χ0v) is 16.5. The van der Waals surface area contributed by atoms with Gasteiger partial charge in [-0.2, -0.15) is 0 Å². The largest absolute Gasteiger partial charge is 0.497 e. The second kappa shape index (κ2) is 6.90. The van der Waals surface area contributed by atoms with Gasteiger partial charge in [0.05, 0.1) is 19.1 Å². The number of carbonyl (C=O) groups is 2. The second-order valence-electron chi connectivity index (χ2n) is 8.18. The van der Waals surface area contributed by atoms with E-state index in [-0.39, 0.29) is 11.7 Å². The summed E-state index contributed by atoms with van der Waals surface area (Å²) in [5.41, 5.74) is 1.48. The average Bonchev–Trinajstić information content (AvgIpc) is 3.17. The van der Waals surface area contributed by atoms with Crippen LogP contribution in [0.15, 0.2) is 22.7 Å². The summed E-state index contributed by atoms with van der Waals surface area (Å²) in [6.07, 6.45) is 5.43. The molecule has 2 aliphatic heterocycles. The predicted molar refractivity (Wildman–Crippen MR) is 104 cm³/mol. The lowest BCUT2D eigenvalue weighted by Crippen LogP contribution is -2.52. The van der Waals surface area contributed by atoms with Gasteiger partial charge in [0.1, 0.15) is 22.9 Å². The molecule has 0 saturated carbocycles. The van der Waals surface area contributed by atoms with Crippen LogP contribution in [0.5, 0.6) is 11.5 Å². The van der Waals surface area contributed by atoms with Gasteiger partial charge in [0.2, 0.25) is 0 Å². The van der Waals surface area contributed by atoms with Crippen molar-refractivity contribution in [3.05, 3.63) is 40.8 Å². The first-order valence-electron chi connectivity index (χ1n) is 10.3. The molecule has 0 N–H and O–H groups in total. The average molecular weight is 396 g/mol. The van der Waals surface area contributed by atoms with E-state index in [9.17, 15) is 9.59 Å². The summed E-state index contributed by atoms with van der Waals surface area (Å²) in [4.78, 5) is 27.5. The topological polar surface area (TPSA) is 81.9 Å². The number of aryl methyl sites for hydroxylation is 1. The van der Waals surface area contributed by atoms with Crippen LogP contribution in [0.25, 0.3) is 0 Å². The number of ether oxygens (including phenoxy) is 2. The number of Topliss-reactive ketones (excluding diaryl/α,β-unsaturated/α-hetero) is 1. The van der Waals surface area contributed by atoms with Gasteiger partial charge in [-0.05, 0) is 31.4 Å². The lowest BCUT2D eigenvalue weighted by Gasteiger charge is -2.43. The monoisotopic (exact) mass is 396 g/mol. The highest BCUT2D eigenvalue weighted by Crippen LogP contribution is 2.41. The van der Waals surface area contributed by atoms with E-state index >= 15 is 0 Å². The van der Waals surface area contributed by atoms with Crippen molar-refractivity contribution in [1.29, 1.82) is 0 Å². The molecule has 152 valence electrons. The van der Waals surface area contributed by atoms with Crippen molar-refractivity contribution >= 4 is 11.7 Å². The van der Waals surface area contributed by atoms with Gasteiger partial charge in [0.15, 0.2) is 11.5 Å². The fraction of sp³-hybridized carbons (Fsp3) is 0.500. The smallest absolute Gasteiger partial charge is 0.276 e. The number of hydrogen-bond donors (Lipinski definition) is 0. The van der Waals surface area contributed by atoms with E-state index < -0.39 is 5.60 Å². The molecule has 7 nitrogen and oxygen atoms in total. The second-order valence-corrected chi connectivity index (χ2v) is 8.18. The van der Waals surface area contributed by atoms with E-state index in [0.717, 1.165) is 37.0 Å². The van der Waals surface area contributed by atoms with Gasteiger partial charge in [-0.1, -0.05) is 5.16 Å². The maximum Gasteiger partial charge on any atom is 0.276 e. The molecule has 1 aromatic carbocycles. The molecular formula is C22H24N2O5. The van der Waals surface area contributed by atoms with Gasteiger partial charge in [-0.25, -0.2) is 0 Å². The molecule has 0 unspecified atom stereocenters. The summed E-state index contributed by atoms with van der Waals surface area (Å²) >= 11 is 0. The van der Waals surface area contributed by atoms with Crippen LogP contribution in [0.1, 0.15) is 64.3 Å². The lowest BCUT2D eigenvalue weighted by molar-refractivity contribution is -0.00604. The van der Waals surface area contributed by atoms with E-state index in [0.29, 0.717) is 55.1 Å². The Kier molecular flexibility index (Phi) is 4.33. The van der Waals surface area contributed by atoms with E-state index in [2.05, 4.69) is 5.16 Å². The molecule has 1 spiro atoms. The zero-order valence-electron chi connectivity index (χ0n) is 16.5. The van der Waals surface area contributed by atoms with Crippen molar-refractivity contribution in [2.75, 3.05) is 20.2 Å². The molecule has 29 heavy (non-hydrogen) atoms. The van der Waals surface area contributed by atoms with Crippen LogP contribution >= 0.6 is 0 Å². The number of nitrogens with zero attached hydrogens (tertiary/aromatic N) is 2. The summed E-state index contributed by atoms with van der Waals surface area (Å²) in [6.45, 7) is 1.07. The molecule has 7 heteroatoms. The fourth-order valence-corrected chi connectivity index (χ4v) is 4.70. The van der Waals surface area contributed by atoms with Crippen LogP contribution in [-0.4, -0.2) is 47.5 Å². The van der Waals surface area contributed by atoms with E-state index in [1.54, 1.807) is 25.3 Å². The minimum Gasteiger partial charge on any atom is -0.497 e. The standard InChI is InChI=1S/C22H24N2O5/c1-27-14-6-7-15-17(25)13-22(28-19(15)12-14)8-10-24(11-9-22)21(26)20-16-4-2-3-5-18(16)29-23-20/h6-7,12H,2-5,8-11,13H2,1H3.